The highest BCUT2D eigenvalue weighted by molar-refractivity contribution is 6.68. The fraction of sp³-hybridized carbons (Fsp3) is 0.333. The normalized spacial score (nSPS) is 11.9. The van der Waals surface area contributed by atoms with Crippen LogP contribution >= 0.6 is 11.6 Å². The van der Waals surface area contributed by atoms with E-state index in [4.69, 9.17) is 16.3 Å². The molecule has 24 heavy (non-hydrogen) atoms. The molecule has 0 saturated heterocycles. The average Bonchev–Trinajstić information content (AvgIpc) is 2.53. The Hall–Kier alpha value is -1.51. The summed E-state index contributed by atoms with van der Waals surface area (Å²) in [5.41, 5.74) is 3.84. The van der Waals surface area contributed by atoms with E-state index in [2.05, 4.69) is 70.7 Å². The fourth-order valence-electron chi connectivity index (χ4n) is 2.91. The second-order valence-electron chi connectivity index (χ2n) is 7.23. The van der Waals surface area contributed by atoms with Crippen LogP contribution in [0.15, 0.2) is 49.1 Å². The van der Waals surface area contributed by atoms with Gasteiger partial charge < -0.3 is 4.74 Å². The SMILES string of the molecule is C=CCOc1c([SiH2]c2ccccc2CCl)cc(C)cc1C(C)(C)C. The van der Waals surface area contributed by atoms with Gasteiger partial charge in [0.1, 0.15) is 12.4 Å². The van der Waals surface area contributed by atoms with Crippen LogP contribution in [0.2, 0.25) is 0 Å². The van der Waals surface area contributed by atoms with Crippen molar-refractivity contribution in [3.63, 3.8) is 0 Å². The summed E-state index contributed by atoms with van der Waals surface area (Å²) >= 11 is 6.13. The van der Waals surface area contributed by atoms with Gasteiger partial charge in [-0.05, 0) is 28.7 Å². The largest absolute Gasteiger partial charge is 0.489 e. The summed E-state index contributed by atoms with van der Waals surface area (Å²) in [6.07, 6.45) is 1.81. The van der Waals surface area contributed by atoms with Crippen LogP contribution in [0, 0.1) is 6.92 Å². The summed E-state index contributed by atoms with van der Waals surface area (Å²) in [7, 11) is -0.675. The van der Waals surface area contributed by atoms with E-state index in [0.717, 1.165) is 5.75 Å². The van der Waals surface area contributed by atoms with Crippen molar-refractivity contribution in [1.29, 1.82) is 0 Å². The monoisotopic (exact) mass is 358 g/mol. The van der Waals surface area contributed by atoms with Crippen LogP contribution < -0.4 is 15.1 Å². The lowest BCUT2D eigenvalue weighted by Gasteiger charge is -2.26. The lowest BCUT2D eigenvalue weighted by Crippen LogP contribution is -2.33. The van der Waals surface area contributed by atoms with E-state index in [1.54, 1.807) is 0 Å². The zero-order valence-electron chi connectivity index (χ0n) is 15.2. The molecule has 0 aliphatic heterocycles. The van der Waals surface area contributed by atoms with E-state index >= 15 is 0 Å². The predicted octanol–water partition coefficient (Wildman–Crippen LogP) is 3.72. The van der Waals surface area contributed by atoms with Crippen LogP contribution in [-0.4, -0.2) is 16.1 Å². The molecule has 0 aliphatic rings. The highest BCUT2D eigenvalue weighted by atomic mass is 35.5. The molecule has 0 aromatic heterocycles. The van der Waals surface area contributed by atoms with Gasteiger partial charge in [0.05, 0.1) is 9.52 Å². The van der Waals surface area contributed by atoms with Gasteiger partial charge in [-0.2, -0.15) is 0 Å². The number of aryl methyl sites for hydroxylation is 1. The van der Waals surface area contributed by atoms with Crippen molar-refractivity contribution in [1.82, 2.24) is 0 Å². The molecule has 128 valence electrons. The first-order valence-electron chi connectivity index (χ1n) is 8.37. The Labute approximate surface area is 153 Å². The lowest BCUT2D eigenvalue weighted by atomic mass is 9.85. The van der Waals surface area contributed by atoms with E-state index in [0.29, 0.717) is 12.5 Å². The van der Waals surface area contributed by atoms with Gasteiger partial charge in [-0.25, -0.2) is 0 Å². The Balaban J connectivity index is 2.55. The Morgan fingerprint density at radius 1 is 1.17 bits per heavy atom. The molecule has 0 fully saturated rings. The number of hydrogen-bond donors (Lipinski definition) is 0. The molecule has 2 rings (SSSR count). The summed E-state index contributed by atoms with van der Waals surface area (Å²) in [4.78, 5) is 0. The Bertz CT molecular complexity index is 716. The highest BCUT2D eigenvalue weighted by Crippen LogP contribution is 2.31. The van der Waals surface area contributed by atoms with Gasteiger partial charge in [-0.15, -0.1) is 11.6 Å². The first-order chi connectivity index (χ1) is 11.4. The molecular formula is C21H27ClOSi. The molecule has 0 amide bonds. The van der Waals surface area contributed by atoms with E-state index in [-0.39, 0.29) is 5.41 Å². The first-order valence-corrected chi connectivity index (χ1v) is 10.3. The molecule has 0 saturated carbocycles. The molecule has 3 heteroatoms. The second-order valence-corrected chi connectivity index (χ2v) is 9.37. The van der Waals surface area contributed by atoms with Crippen LogP contribution in [0.25, 0.3) is 0 Å². The third-order valence-corrected chi connectivity index (χ3v) is 6.37. The average molecular weight is 359 g/mol. The smallest absolute Gasteiger partial charge is 0.122 e. The maximum Gasteiger partial charge on any atom is 0.122 e. The number of hydrogen-bond acceptors (Lipinski definition) is 1. The Kier molecular flexibility index (Phi) is 6.31. The minimum Gasteiger partial charge on any atom is -0.489 e. The topological polar surface area (TPSA) is 9.23 Å². The number of halogens is 1. The number of benzene rings is 2. The van der Waals surface area contributed by atoms with Crippen molar-refractivity contribution in [3.05, 3.63) is 65.7 Å². The molecular weight excluding hydrogens is 332 g/mol. The number of alkyl halides is 1. The zero-order chi connectivity index (χ0) is 17.7. The predicted molar refractivity (Wildman–Crippen MR) is 109 cm³/mol. The zero-order valence-corrected chi connectivity index (χ0v) is 17.3. The molecule has 0 spiro atoms. The van der Waals surface area contributed by atoms with Crippen molar-refractivity contribution in [2.24, 2.45) is 0 Å². The molecule has 2 aromatic rings. The van der Waals surface area contributed by atoms with E-state index in [9.17, 15) is 0 Å². The Morgan fingerprint density at radius 3 is 2.50 bits per heavy atom. The van der Waals surface area contributed by atoms with E-state index < -0.39 is 9.52 Å². The van der Waals surface area contributed by atoms with Gasteiger partial charge in [0.2, 0.25) is 0 Å². The van der Waals surface area contributed by atoms with Crippen LogP contribution in [0.1, 0.15) is 37.5 Å². The van der Waals surface area contributed by atoms with Crippen molar-refractivity contribution in [3.8, 4) is 5.75 Å². The number of rotatable bonds is 6. The summed E-state index contributed by atoms with van der Waals surface area (Å²) in [6.45, 7) is 13.2. The van der Waals surface area contributed by atoms with Crippen molar-refractivity contribution < 1.29 is 4.74 Å². The van der Waals surface area contributed by atoms with E-state index in [1.165, 1.54) is 27.1 Å². The molecule has 0 N–H and O–H groups in total. The van der Waals surface area contributed by atoms with Crippen molar-refractivity contribution >= 4 is 31.5 Å². The van der Waals surface area contributed by atoms with Crippen LogP contribution in [0.5, 0.6) is 5.75 Å². The minimum atomic E-state index is -0.675. The van der Waals surface area contributed by atoms with Gasteiger partial charge >= 0.3 is 0 Å². The summed E-state index contributed by atoms with van der Waals surface area (Å²) in [6, 6.07) is 13.0. The van der Waals surface area contributed by atoms with Gasteiger partial charge in [0.25, 0.3) is 0 Å². The molecule has 0 radical (unpaired) electrons. The maximum absolute atomic E-state index is 6.13. The minimum absolute atomic E-state index is 0.0394. The van der Waals surface area contributed by atoms with Crippen molar-refractivity contribution in [2.45, 2.75) is 39.0 Å². The molecule has 0 aliphatic carbocycles. The van der Waals surface area contributed by atoms with Crippen LogP contribution in [0.4, 0.5) is 0 Å². The van der Waals surface area contributed by atoms with Crippen molar-refractivity contribution in [2.75, 3.05) is 6.61 Å². The van der Waals surface area contributed by atoms with Gasteiger partial charge in [-0.1, -0.05) is 80.6 Å². The quantitative estimate of drug-likeness (QED) is 0.434. The van der Waals surface area contributed by atoms with Gasteiger partial charge in [0, 0.05) is 5.88 Å². The maximum atomic E-state index is 6.13. The summed E-state index contributed by atoms with van der Waals surface area (Å²) in [5.74, 6) is 1.60. The molecule has 0 unspecified atom stereocenters. The van der Waals surface area contributed by atoms with Gasteiger partial charge in [0.15, 0.2) is 0 Å². The second kappa shape index (κ2) is 8.04. The lowest BCUT2D eigenvalue weighted by molar-refractivity contribution is 0.354. The third-order valence-electron chi connectivity index (χ3n) is 4.11. The van der Waals surface area contributed by atoms with Crippen LogP contribution in [0.3, 0.4) is 0 Å². The molecule has 0 atom stereocenters. The first kappa shape index (κ1) is 18.8. The highest BCUT2D eigenvalue weighted by Gasteiger charge is 2.22. The molecule has 1 nitrogen and oxygen atoms in total. The fourth-order valence-corrected chi connectivity index (χ4v) is 5.35. The molecule has 2 aromatic carbocycles. The standard InChI is InChI=1S/C21H27ClOSi/c1-6-11-23-20-17(21(3,4)5)12-15(2)13-19(20)24-18-10-8-7-9-16(18)14-22/h6-10,12-13H,1,11,14,24H2,2-5H3. The van der Waals surface area contributed by atoms with Crippen LogP contribution in [-0.2, 0) is 11.3 Å². The van der Waals surface area contributed by atoms with Gasteiger partial charge in [-0.3, -0.25) is 0 Å². The molecule has 0 heterocycles. The van der Waals surface area contributed by atoms with E-state index in [1.807, 2.05) is 6.08 Å². The Morgan fingerprint density at radius 2 is 1.88 bits per heavy atom. The molecule has 0 bridgehead atoms. The third kappa shape index (κ3) is 4.52. The summed E-state index contributed by atoms with van der Waals surface area (Å²) in [5, 5.41) is 2.74. The summed E-state index contributed by atoms with van der Waals surface area (Å²) < 4.78 is 6.13. The number of ether oxygens (including phenoxy) is 1.